The van der Waals surface area contributed by atoms with Crippen LogP contribution in [-0.2, 0) is 27.4 Å². The molecule has 1 aromatic carbocycles. The maximum atomic E-state index is 11.7. The molecule has 1 aromatic rings. The number of amides is 1. The summed E-state index contributed by atoms with van der Waals surface area (Å²) in [6.45, 7) is 6.91. The molecule has 0 spiro atoms. The van der Waals surface area contributed by atoms with Crippen molar-refractivity contribution in [3.63, 3.8) is 0 Å². The van der Waals surface area contributed by atoms with Crippen molar-refractivity contribution < 1.29 is 14.3 Å². The summed E-state index contributed by atoms with van der Waals surface area (Å²) in [5, 5.41) is 9.48. The molecule has 3 N–H and O–H groups in total. The molecule has 1 saturated carbocycles. The number of halogens is 1. The molecule has 7 nitrogen and oxygen atoms in total. The Balaban J connectivity index is 0.00000320. The molecular formula is C22H35IN4O3. The van der Waals surface area contributed by atoms with E-state index in [1.807, 2.05) is 6.92 Å². The van der Waals surface area contributed by atoms with E-state index in [9.17, 15) is 4.79 Å². The summed E-state index contributed by atoms with van der Waals surface area (Å²) in [5.41, 5.74) is 2.32. The van der Waals surface area contributed by atoms with Crippen molar-refractivity contribution in [1.82, 2.24) is 16.0 Å². The van der Waals surface area contributed by atoms with Gasteiger partial charge in [-0.1, -0.05) is 24.3 Å². The fourth-order valence-corrected chi connectivity index (χ4v) is 3.24. The van der Waals surface area contributed by atoms with Crippen molar-refractivity contribution in [2.45, 2.75) is 51.9 Å². The number of rotatable bonds is 10. The number of benzene rings is 1. The van der Waals surface area contributed by atoms with Crippen LogP contribution in [-0.4, -0.2) is 50.8 Å². The Morgan fingerprint density at radius 3 is 2.57 bits per heavy atom. The van der Waals surface area contributed by atoms with Crippen molar-refractivity contribution in [2.75, 3.05) is 32.8 Å². The van der Waals surface area contributed by atoms with Gasteiger partial charge >= 0.3 is 0 Å². The lowest BCUT2D eigenvalue weighted by atomic mass is 10.1. The Kier molecular flexibility index (Phi) is 11.5. The van der Waals surface area contributed by atoms with Gasteiger partial charge < -0.3 is 25.4 Å². The molecule has 0 bridgehead atoms. The zero-order valence-electron chi connectivity index (χ0n) is 17.8. The number of hydrogen-bond donors (Lipinski definition) is 3. The van der Waals surface area contributed by atoms with Gasteiger partial charge in [0.2, 0.25) is 5.91 Å². The first kappa shape index (κ1) is 24.9. The van der Waals surface area contributed by atoms with Gasteiger partial charge in [0.1, 0.15) is 0 Å². The van der Waals surface area contributed by atoms with Gasteiger partial charge in [-0.3, -0.25) is 4.79 Å². The predicted octanol–water partition coefficient (Wildman–Crippen LogP) is 2.58. The Hall–Kier alpha value is -1.39. The predicted molar refractivity (Wildman–Crippen MR) is 129 cm³/mol. The topological polar surface area (TPSA) is 84.0 Å². The van der Waals surface area contributed by atoms with Crippen LogP contribution in [0.15, 0.2) is 29.3 Å². The minimum atomic E-state index is 0. The first-order chi connectivity index (χ1) is 14.2. The molecule has 0 unspecified atom stereocenters. The zero-order valence-corrected chi connectivity index (χ0v) is 20.2. The van der Waals surface area contributed by atoms with Crippen molar-refractivity contribution in [3.8, 4) is 0 Å². The van der Waals surface area contributed by atoms with E-state index in [0.717, 1.165) is 57.0 Å². The summed E-state index contributed by atoms with van der Waals surface area (Å²) < 4.78 is 11.4. The SMILES string of the molecule is CCNC(=NCc1cccc(COC2CCOCC2)c1)NCCNC(=O)C1CC1.I. The second-order valence-electron chi connectivity index (χ2n) is 7.63. The van der Waals surface area contributed by atoms with Gasteiger partial charge in [-0.05, 0) is 43.7 Å². The van der Waals surface area contributed by atoms with Crippen LogP contribution < -0.4 is 16.0 Å². The number of hydrogen-bond acceptors (Lipinski definition) is 4. The quantitative estimate of drug-likeness (QED) is 0.188. The van der Waals surface area contributed by atoms with Gasteiger partial charge in [0.15, 0.2) is 5.96 Å². The van der Waals surface area contributed by atoms with E-state index >= 15 is 0 Å². The second-order valence-corrected chi connectivity index (χ2v) is 7.63. The molecule has 168 valence electrons. The highest BCUT2D eigenvalue weighted by molar-refractivity contribution is 14.0. The maximum absolute atomic E-state index is 11.7. The molecule has 0 atom stereocenters. The average Bonchev–Trinajstić information content (AvgIpc) is 3.60. The minimum Gasteiger partial charge on any atom is -0.381 e. The van der Waals surface area contributed by atoms with Crippen molar-refractivity contribution in [3.05, 3.63) is 35.4 Å². The van der Waals surface area contributed by atoms with Crippen molar-refractivity contribution >= 4 is 35.8 Å². The van der Waals surface area contributed by atoms with Crippen LogP contribution in [0.25, 0.3) is 0 Å². The number of aliphatic imine (C=N–C) groups is 1. The number of nitrogens with one attached hydrogen (secondary N) is 3. The number of nitrogens with zero attached hydrogens (tertiary/aromatic N) is 1. The fraction of sp³-hybridized carbons (Fsp3) is 0.636. The van der Waals surface area contributed by atoms with Crippen molar-refractivity contribution in [2.24, 2.45) is 10.9 Å². The smallest absolute Gasteiger partial charge is 0.223 e. The highest BCUT2D eigenvalue weighted by Gasteiger charge is 2.28. The Labute approximate surface area is 196 Å². The zero-order chi connectivity index (χ0) is 20.3. The molecule has 1 heterocycles. The lowest BCUT2D eigenvalue weighted by Crippen LogP contribution is -2.41. The number of ether oxygens (including phenoxy) is 2. The molecule has 1 aliphatic carbocycles. The van der Waals surface area contributed by atoms with Crippen LogP contribution in [0.3, 0.4) is 0 Å². The lowest BCUT2D eigenvalue weighted by Gasteiger charge is -2.22. The van der Waals surface area contributed by atoms with Gasteiger partial charge in [0.25, 0.3) is 0 Å². The largest absolute Gasteiger partial charge is 0.381 e. The monoisotopic (exact) mass is 530 g/mol. The standard InChI is InChI=1S/C22H34N4O3.HI/c1-2-23-22(25-11-10-24-21(27)19-6-7-19)26-15-17-4-3-5-18(14-17)16-29-20-8-12-28-13-9-20;/h3-5,14,19-20H,2,6-13,15-16H2,1H3,(H,24,27)(H2,23,25,26);1H. The first-order valence-electron chi connectivity index (χ1n) is 10.8. The van der Waals surface area contributed by atoms with Crippen LogP contribution in [0.4, 0.5) is 0 Å². The molecule has 8 heteroatoms. The van der Waals surface area contributed by atoms with E-state index < -0.39 is 0 Å². The van der Waals surface area contributed by atoms with E-state index in [2.05, 4.69) is 45.2 Å². The third-order valence-corrected chi connectivity index (χ3v) is 5.07. The summed E-state index contributed by atoms with van der Waals surface area (Å²) in [5.74, 6) is 1.19. The highest BCUT2D eigenvalue weighted by Crippen LogP contribution is 2.28. The van der Waals surface area contributed by atoms with Crippen LogP contribution in [0.5, 0.6) is 0 Å². The van der Waals surface area contributed by atoms with E-state index in [0.29, 0.717) is 32.3 Å². The van der Waals surface area contributed by atoms with E-state index in [1.54, 1.807) is 0 Å². The van der Waals surface area contributed by atoms with Crippen LogP contribution in [0.1, 0.15) is 43.7 Å². The maximum Gasteiger partial charge on any atom is 0.223 e. The van der Waals surface area contributed by atoms with Crippen LogP contribution >= 0.6 is 24.0 Å². The van der Waals surface area contributed by atoms with E-state index in [1.165, 1.54) is 5.56 Å². The Morgan fingerprint density at radius 1 is 1.10 bits per heavy atom. The minimum absolute atomic E-state index is 0. The van der Waals surface area contributed by atoms with E-state index in [-0.39, 0.29) is 35.8 Å². The molecule has 1 saturated heterocycles. The highest BCUT2D eigenvalue weighted by atomic mass is 127. The Bertz CT molecular complexity index is 676. The molecule has 3 rings (SSSR count). The molecule has 1 aliphatic heterocycles. The summed E-state index contributed by atoms with van der Waals surface area (Å²) >= 11 is 0. The number of guanidine groups is 1. The van der Waals surface area contributed by atoms with Gasteiger partial charge in [0, 0.05) is 38.8 Å². The van der Waals surface area contributed by atoms with Gasteiger partial charge in [-0.25, -0.2) is 4.99 Å². The third-order valence-electron chi connectivity index (χ3n) is 5.07. The van der Waals surface area contributed by atoms with Gasteiger partial charge in [0.05, 0.1) is 19.3 Å². The van der Waals surface area contributed by atoms with Gasteiger partial charge in [-0.15, -0.1) is 24.0 Å². The summed E-state index contributed by atoms with van der Waals surface area (Å²) in [7, 11) is 0. The molecular weight excluding hydrogens is 495 g/mol. The Morgan fingerprint density at radius 2 is 1.83 bits per heavy atom. The molecule has 1 amide bonds. The summed E-state index contributed by atoms with van der Waals surface area (Å²) in [6.07, 6.45) is 4.31. The summed E-state index contributed by atoms with van der Waals surface area (Å²) in [6, 6.07) is 8.39. The lowest BCUT2D eigenvalue weighted by molar-refractivity contribution is -0.122. The first-order valence-corrected chi connectivity index (χ1v) is 10.8. The molecule has 2 fully saturated rings. The molecule has 0 aromatic heterocycles. The average molecular weight is 530 g/mol. The normalized spacial score (nSPS) is 17.2. The molecule has 0 radical (unpaired) electrons. The molecule has 30 heavy (non-hydrogen) atoms. The van der Waals surface area contributed by atoms with Crippen LogP contribution in [0, 0.1) is 5.92 Å². The van der Waals surface area contributed by atoms with Crippen molar-refractivity contribution in [1.29, 1.82) is 0 Å². The number of carbonyl (C=O) groups is 1. The summed E-state index contributed by atoms with van der Waals surface area (Å²) in [4.78, 5) is 16.3. The van der Waals surface area contributed by atoms with E-state index in [4.69, 9.17) is 9.47 Å². The van der Waals surface area contributed by atoms with Crippen LogP contribution in [0.2, 0.25) is 0 Å². The second kappa shape index (κ2) is 13.8. The number of carbonyl (C=O) groups excluding carboxylic acids is 1. The third kappa shape index (κ3) is 9.18. The molecule has 2 aliphatic rings. The fourth-order valence-electron chi connectivity index (χ4n) is 3.24. The van der Waals surface area contributed by atoms with Gasteiger partial charge in [-0.2, -0.15) is 0 Å².